The maximum absolute atomic E-state index is 12.0. The van der Waals surface area contributed by atoms with E-state index in [9.17, 15) is 13.2 Å². The van der Waals surface area contributed by atoms with Gasteiger partial charge in [-0.1, -0.05) is 12.1 Å². The molecule has 1 rings (SSSR count). The molecule has 0 radical (unpaired) electrons. The largest absolute Gasteiger partial charge is 0.324 e. The first-order valence-electron chi connectivity index (χ1n) is 5.60. The molecule has 2 N–H and O–H groups in total. The van der Waals surface area contributed by atoms with Gasteiger partial charge in [0, 0.05) is 5.88 Å². The predicted molar refractivity (Wildman–Crippen MR) is 78.0 cm³/mol. The number of rotatable bonds is 5. The van der Waals surface area contributed by atoms with E-state index in [1.54, 1.807) is 38.1 Å². The Balaban J connectivity index is 2.99. The molecule has 19 heavy (non-hydrogen) atoms. The standard InChI is InChI=1S/C12H17ClN2O3S/c1-12(2,8-13)11(16)14-9-6-4-5-7-10(9)15-19(3,17)18/h4-7,15H,8H2,1-3H3,(H,14,16). The zero-order chi connectivity index (χ0) is 14.7. The number of amides is 1. The summed E-state index contributed by atoms with van der Waals surface area (Å²) < 4.78 is 24.8. The van der Waals surface area contributed by atoms with Gasteiger partial charge < -0.3 is 5.32 Å². The molecule has 0 aliphatic carbocycles. The van der Waals surface area contributed by atoms with Crippen molar-refractivity contribution in [2.24, 2.45) is 5.41 Å². The molecule has 5 nitrogen and oxygen atoms in total. The van der Waals surface area contributed by atoms with Gasteiger partial charge in [0.2, 0.25) is 15.9 Å². The van der Waals surface area contributed by atoms with Gasteiger partial charge in [0.15, 0.2) is 0 Å². The van der Waals surface area contributed by atoms with Crippen LogP contribution < -0.4 is 10.0 Å². The van der Waals surface area contributed by atoms with Crippen LogP contribution in [0.2, 0.25) is 0 Å². The lowest BCUT2D eigenvalue weighted by Gasteiger charge is -2.21. The van der Waals surface area contributed by atoms with Crippen molar-refractivity contribution in [1.82, 2.24) is 0 Å². The van der Waals surface area contributed by atoms with Crippen molar-refractivity contribution in [1.29, 1.82) is 0 Å². The SMILES string of the molecule is CC(C)(CCl)C(=O)Nc1ccccc1NS(C)(=O)=O. The Labute approximate surface area is 118 Å². The molecule has 0 saturated heterocycles. The van der Waals surface area contributed by atoms with Crippen molar-refractivity contribution in [2.75, 3.05) is 22.2 Å². The highest BCUT2D eigenvalue weighted by Crippen LogP contribution is 2.25. The second kappa shape index (κ2) is 5.79. The van der Waals surface area contributed by atoms with E-state index >= 15 is 0 Å². The third kappa shape index (κ3) is 4.72. The second-order valence-corrected chi connectivity index (χ2v) is 6.91. The zero-order valence-electron chi connectivity index (χ0n) is 11.0. The summed E-state index contributed by atoms with van der Waals surface area (Å²) in [7, 11) is -3.40. The van der Waals surface area contributed by atoms with Crippen molar-refractivity contribution in [2.45, 2.75) is 13.8 Å². The summed E-state index contributed by atoms with van der Waals surface area (Å²) >= 11 is 5.73. The highest BCUT2D eigenvalue weighted by Gasteiger charge is 2.27. The molecule has 1 aromatic carbocycles. The fraction of sp³-hybridized carbons (Fsp3) is 0.417. The number of alkyl halides is 1. The fourth-order valence-electron chi connectivity index (χ4n) is 1.23. The molecule has 0 bridgehead atoms. The maximum atomic E-state index is 12.0. The molecule has 0 heterocycles. The number of halogens is 1. The van der Waals surface area contributed by atoms with Crippen molar-refractivity contribution in [3.63, 3.8) is 0 Å². The van der Waals surface area contributed by atoms with Crippen LogP contribution in [0.5, 0.6) is 0 Å². The molecule has 1 amide bonds. The summed E-state index contributed by atoms with van der Waals surface area (Å²) in [5.41, 5.74) is -0.0143. The topological polar surface area (TPSA) is 75.3 Å². The monoisotopic (exact) mass is 304 g/mol. The van der Waals surface area contributed by atoms with Gasteiger partial charge in [0.1, 0.15) is 0 Å². The van der Waals surface area contributed by atoms with Gasteiger partial charge in [-0.25, -0.2) is 8.42 Å². The first-order chi connectivity index (χ1) is 8.65. The zero-order valence-corrected chi connectivity index (χ0v) is 12.6. The van der Waals surface area contributed by atoms with Crippen molar-refractivity contribution < 1.29 is 13.2 Å². The Bertz CT molecular complexity index is 570. The molecule has 0 fully saturated rings. The number of hydrogen-bond donors (Lipinski definition) is 2. The Morgan fingerprint density at radius 3 is 2.26 bits per heavy atom. The van der Waals surface area contributed by atoms with Crippen molar-refractivity contribution in [3.05, 3.63) is 24.3 Å². The number of para-hydroxylation sites is 2. The quantitative estimate of drug-likeness (QED) is 0.819. The van der Waals surface area contributed by atoms with Gasteiger partial charge in [-0.3, -0.25) is 9.52 Å². The van der Waals surface area contributed by atoms with Crippen LogP contribution in [0.25, 0.3) is 0 Å². The van der Waals surface area contributed by atoms with Gasteiger partial charge in [0.05, 0.1) is 23.0 Å². The molecular weight excluding hydrogens is 288 g/mol. The summed E-state index contributed by atoms with van der Waals surface area (Å²) in [6.45, 7) is 3.42. The summed E-state index contributed by atoms with van der Waals surface area (Å²) in [5.74, 6) is -0.106. The van der Waals surface area contributed by atoms with Crippen LogP contribution >= 0.6 is 11.6 Å². The minimum atomic E-state index is -3.40. The third-order valence-corrected chi connectivity index (χ3v) is 3.68. The van der Waals surface area contributed by atoms with E-state index < -0.39 is 15.4 Å². The molecule has 0 unspecified atom stereocenters. The molecule has 0 aliphatic heterocycles. The van der Waals surface area contributed by atoms with E-state index in [0.29, 0.717) is 11.4 Å². The smallest absolute Gasteiger partial charge is 0.231 e. The first kappa shape index (κ1) is 15.8. The molecule has 7 heteroatoms. The maximum Gasteiger partial charge on any atom is 0.231 e. The lowest BCUT2D eigenvalue weighted by molar-refractivity contribution is -0.122. The molecule has 0 aliphatic rings. The second-order valence-electron chi connectivity index (χ2n) is 4.89. The molecule has 106 valence electrons. The van der Waals surface area contributed by atoms with Crippen molar-refractivity contribution >= 4 is 38.9 Å². The van der Waals surface area contributed by atoms with Crippen LogP contribution in [0.4, 0.5) is 11.4 Å². The average Bonchev–Trinajstić information content (AvgIpc) is 2.29. The number of hydrogen-bond acceptors (Lipinski definition) is 3. The fourth-order valence-corrected chi connectivity index (χ4v) is 1.93. The Morgan fingerprint density at radius 1 is 1.26 bits per heavy atom. The Morgan fingerprint density at radius 2 is 1.79 bits per heavy atom. The normalized spacial score (nSPS) is 12.0. The van der Waals surface area contributed by atoms with E-state index in [1.807, 2.05) is 0 Å². The highest BCUT2D eigenvalue weighted by atomic mass is 35.5. The van der Waals surface area contributed by atoms with Crippen molar-refractivity contribution in [3.8, 4) is 0 Å². The number of sulfonamides is 1. The summed E-state index contributed by atoms with van der Waals surface area (Å²) in [6.07, 6.45) is 1.05. The van der Waals surface area contributed by atoms with Crippen LogP contribution in [-0.4, -0.2) is 26.5 Å². The molecule has 0 saturated carbocycles. The first-order valence-corrected chi connectivity index (χ1v) is 8.02. The number of nitrogens with one attached hydrogen (secondary N) is 2. The van der Waals surface area contributed by atoms with Gasteiger partial charge in [-0.2, -0.15) is 0 Å². The summed E-state index contributed by atoms with van der Waals surface area (Å²) in [5, 5.41) is 2.67. The van der Waals surface area contributed by atoms with Crippen LogP contribution in [0.3, 0.4) is 0 Å². The van der Waals surface area contributed by atoms with E-state index in [2.05, 4.69) is 10.0 Å². The van der Waals surface area contributed by atoms with E-state index in [4.69, 9.17) is 11.6 Å². The molecule has 0 aromatic heterocycles. The van der Waals surface area contributed by atoms with Crippen LogP contribution in [0.15, 0.2) is 24.3 Å². The lowest BCUT2D eigenvalue weighted by atomic mass is 9.95. The van der Waals surface area contributed by atoms with Crippen LogP contribution in [0.1, 0.15) is 13.8 Å². The average molecular weight is 305 g/mol. The van der Waals surface area contributed by atoms with E-state index in [1.165, 1.54) is 0 Å². The number of anilines is 2. The molecule has 0 atom stereocenters. The summed E-state index contributed by atoms with van der Waals surface area (Å²) in [6, 6.07) is 6.58. The predicted octanol–water partition coefficient (Wildman–Crippen LogP) is 2.26. The highest BCUT2D eigenvalue weighted by molar-refractivity contribution is 7.92. The Kier molecular flexibility index (Phi) is 4.81. The summed E-state index contributed by atoms with van der Waals surface area (Å²) in [4.78, 5) is 12.0. The number of carbonyl (C=O) groups is 1. The lowest BCUT2D eigenvalue weighted by Crippen LogP contribution is -2.32. The third-order valence-electron chi connectivity index (χ3n) is 2.42. The minimum Gasteiger partial charge on any atom is -0.324 e. The van der Waals surface area contributed by atoms with Crippen LogP contribution in [0, 0.1) is 5.41 Å². The van der Waals surface area contributed by atoms with Crippen LogP contribution in [-0.2, 0) is 14.8 Å². The van der Waals surface area contributed by atoms with Gasteiger partial charge in [0.25, 0.3) is 0 Å². The Hall–Kier alpha value is -1.27. The van der Waals surface area contributed by atoms with Gasteiger partial charge in [-0.15, -0.1) is 11.6 Å². The van der Waals surface area contributed by atoms with Gasteiger partial charge >= 0.3 is 0 Å². The molecule has 0 spiro atoms. The molecular formula is C12H17ClN2O3S. The van der Waals surface area contributed by atoms with E-state index in [-0.39, 0.29) is 11.8 Å². The molecule has 1 aromatic rings. The van der Waals surface area contributed by atoms with E-state index in [0.717, 1.165) is 6.26 Å². The minimum absolute atomic E-state index is 0.167. The number of carbonyl (C=O) groups excluding carboxylic acids is 1. The number of benzene rings is 1. The van der Waals surface area contributed by atoms with Gasteiger partial charge in [-0.05, 0) is 26.0 Å².